The zero-order chi connectivity index (χ0) is 31.2. The molecule has 4 aromatic rings. The van der Waals surface area contributed by atoms with Crippen molar-refractivity contribution in [3.8, 4) is 11.3 Å². The number of piperidine rings is 1. The van der Waals surface area contributed by atoms with Crippen LogP contribution in [0.2, 0.25) is 0 Å². The maximum absolute atomic E-state index is 15.3. The number of hydrogen-bond acceptors (Lipinski definition) is 7. The predicted molar refractivity (Wildman–Crippen MR) is 174 cm³/mol. The summed E-state index contributed by atoms with van der Waals surface area (Å²) in [6.45, 7) is 8.02. The number of nitrogens with one attached hydrogen (secondary N) is 1. The fourth-order valence-corrected chi connectivity index (χ4v) is 5.97. The summed E-state index contributed by atoms with van der Waals surface area (Å²) >= 11 is 0. The normalized spacial score (nSPS) is 15.2. The zero-order valence-electron chi connectivity index (χ0n) is 25.3. The van der Waals surface area contributed by atoms with E-state index in [4.69, 9.17) is 9.72 Å². The second kappa shape index (κ2) is 14.0. The molecule has 0 radical (unpaired) electrons. The first-order valence-electron chi connectivity index (χ1n) is 15.5. The average molecular weight is 610 g/mol. The van der Waals surface area contributed by atoms with Gasteiger partial charge in [-0.05, 0) is 85.0 Å². The number of halogens is 2. The van der Waals surface area contributed by atoms with E-state index in [0.717, 1.165) is 35.6 Å². The van der Waals surface area contributed by atoms with Gasteiger partial charge < -0.3 is 19.9 Å². The molecule has 0 amide bonds. The molecule has 1 N–H and O–H groups in total. The quantitative estimate of drug-likeness (QED) is 0.197. The molecule has 9 heteroatoms. The van der Waals surface area contributed by atoms with Crippen molar-refractivity contribution in [3.63, 3.8) is 0 Å². The van der Waals surface area contributed by atoms with Crippen LogP contribution in [0, 0.1) is 11.6 Å². The van der Waals surface area contributed by atoms with Crippen LogP contribution in [-0.2, 0) is 22.4 Å². The summed E-state index contributed by atoms with van der Waals surface area (Å²) in [5.41, 5.74) is 5.53. The van der Waals surface area contributed by atoms with Gasteiger partial charge in [-0.15, -0.1) is 0 Å². The molecule has 2 saturated heterocycles. The van der Waals surface area contributed by atoms with Gasteiger partial charge in [-0.25, -0.2) is 18.7 Å². The first-order chi connectivity index (χ1) is 22.0. The highest BCUT2D eigenvalue weighted by Gasteiger charge is 2.18. The molecule has 0 atom stereocenters. The molecule has 3 aromatic carbocycles. The van der Waals surface area contributed by atoms with Crippen molar-refractivity contribution in [2.24, 2.45) is 0 Å². The van der Waals surface area contributed by atoms with Gasteiger partial charge in [0.2, 0.25) is 5.95 Å². The fourth-order valence-electron chi connectivity index (χ4n) is 5.97. The summed E-state index contributed by atoms with van der Waals surface area (Å²) in [5.74, 6) is -0.666. The second-order valence-electron chi connectivity index (χ2n) is 11.5. The molecule has 0 unspecified atom stereocenters. The van der Waals surface area contributed by atoms with Gasteiger partial charge in [-0.3, -0.25) is 4.79 Å². The summed E-state index contributed by atoms with van der Waals surface area (Å²) in [6, 6.07) is 18.1. The molecule has 2 aliphatic rings. The number of ketones is 1. The molecular weight excluding hydrogens is 572 g/mol. The Kier molecular flexibility index (Phi) is 9.45. The summed E-state index contributed by atoms with van der Waals surface area (Å²) in [6.07, 6.45) is 6.80. The van der Waals surface area contributed by atoms with E-state index in [2.05, 4.69) is 33.9 Å². The van der Waals surface area contributed by atoms with Gasteiger partial charge in [-0.2, -0.15) is 0 Å². The van der Waals surface area contributed by atoms with Crippen molar-refractivity contribution in [3.05, 3.63) is 108 Å². The average Bonchev–Trinajstić information content (AvgIpc) is 3.07. The lowest BCUT2D eigenvalue weighted by atomic mass is 9.97. The first kappa shape index (κ1) is 30.4. The lowest BCUT2D eigenvalue weighted by molar-refractivity contribution is -0.114. The molecule has 0 aliphatic carbocycles. The number of allylic oxidation sites excluding steroid dienone is 1. The highest BCUT2D eigenvalue weighted by Crippen LogP contribution is 2.30. The molecule has 45 heavy (non-hydrogen) atoms. The van der Waals surface area contributed by atoms with Crippen LogP contribution in [0.5, 0.6) is 0 Å². The van der Waals surface area contributed by atoms with Gasteiger partial charge in [0.15, 0.2) is 5.78 Å². The Morgan fingerprint density at radius 2 is 1.73 bits per heavy atom. The Labute approximate surface area is 262 Å². The largest absolute Gasteiger partial charge is 0.378 e. The Hall–Kier alpha value is -4.63. The minimum absolute atomic E-state index is 0.105. The molecule has 0 saturated carbocycles. The van der Waals surface area contributed by atoms with Crippen LogP contribution in [0.15, 0.2) is 79.5 Å². The van der Waals surface area contributed by atoms with Crippen molar-refractivity contribution < 1.29 is 18.3 Å². The van der Waals surface area contributed by atoms with Crippen LogP contribution in [0.4, 0.5) is 31.8 Å². The van der Waals surface area contributed by atoms with Gasteiger partial charge in [0, 0.05) is 67.7 Å². The molecule has 0 bridgehead atoms. The number of carbonyl (C=O) groups excluding carboxylic acids is 1. The van der Waals surface area contributed by atoms with Gasteiger partial charge in [0.25, 0.3) is 0 Å². The highest BCUT2D eigenvalue weighted by molar-refractivity contribution is 5.91. The van der Waals surface area contributed by atoms with Gasteiger partial charge in [-0.1, -0.05) is 18.7 Å². The maximum atomic E-state index is 15.3. The standard InChI is InChI=1S/C36H37F2N5O2/c1-2-31(44)22-27-21-26(10-11-32(27)37)35-28(19-25-9-12-34(33(38)20-25)43-15-17-45-18-16-43)24-39-36(41-35)40-29-7-6-8-30(23-29)42-13-4-3-5-14-42/h2,6-12,20-21,23-24H,1,3-5,13-19,22H2,(H,39,40,41). The predicted octanol–water partition coefficient (Wildman–Crippen LogP) is 6.88. The minimum Gasteiger partial charge on any atom is -0.378 e. The Bertz CT molecular complexity index is 1680. The molecule has 2 aliphatic heterocycles. The van der Waals surface area contributed by atoms with Gasteiger partial charge in [0.05, 0.1) is 24.6 Å². The lowest BCUT2D eigenvalue weighted by Crippen LogP contribution is -2.36. The lowest BCUT2D eigenvalue weighted by Gasteiger charge is -2.29. The number of hydrogen-bond donors (Lipinski definition) is 1. The van der Waals surface area contributed by atoms with E-state index in [1.807, 2.05) is 23.1 Å². The number of carbonyl (C=O) groups is 1. The van der Waals surface area contributed by atoms with Crippen molar-refractivity contribution in [2.75, 3.05) is 54.5 Å². The Balaban J connectivity index is 1.32. The SMILES string of the molecule is C=CC(=O)Cc1cc(-c2nc(Nc3cccc(N4CCCCC4)c3)ncc2Cc2ccc(N3CCOCC3)c(F)c2)ccc1F. The molecule has 0 spiro atoms. The van der Waals surface area contributed by atoms with Crippen LogP contribution >= 0.6 is 0 Å². The molecule has 232 valence electrons. The molecule has 2 fully saturated rings. The Morgan fingerprint density at radius 3 is 2.51 bits per heavy atom. The maximum Gasteiger partial charge on any atom is 0.227 e. The van der Waals surface area contributed by atoms with E-state index < -0.39 is 5.82 Å². The van der Waals surface area contributed by atoms with Crippen LogP contribution in [0.3, 0.4) is 0 Å². The van der Waals surface area contributed by atoms with E-state index in [1.54, 1.807) is 30.5 Å². The molecule has 6 rings (SSSR count). The topological polar surface area (TPSA) is 70.6 Å². The van der Waals surface area contributed by atoms with E-state index in [-0.39, 0.29) is 23.6 Å². The monoisotopic (exact) mass is 609 g/mol. The van der Waals surface area contributed by atoms with Gasteiger partial charge in [0.1, 0.15) is 11.6 Å². The number of morpholine rings is 1. The van der Waals surface area contributed by atoms with E-state index in [0.29, 0.717) is 55.6 Å². The van der Waals surface area contributed by atoms with Crippen molar-refractivity contribution >= 4 is 28.8 Å². The smallest absolute Gasteiger partial charge is 0.227 e. The number of anilines is 4. The minimum atomic E-state index is -0.474. The second-order valence-corrected chi connectivity index (χ2v) is 11.5. The molecule has 1 aromatic heterocycles. The molecule has 7 nitrogen and oxygen atoms in total. The van der Waals surface area contributed by atoms with Crippen LogP contribution < -0.4 is 15.1 Å². The zero-order valence-corrected chi connectivity index (χ0v) is 25.3. The first-order valence-corrected chi connectivity index (χ1v) is 15.5. The summed E-state index contributed by atoms with van der Waals surface area (Å²) in [7, 11) is 0. The van der Waals surface area contributed by atoms with E-state index in [9.17, 15) is 9.18 Å². The number of aromatic nitrogens is 2. The third-order valence-electron chi connectivity index (χ3n) is 8.36. The van der Waals surface area contributed by atoms with Crippen LogP contribution in [0.1, 0.15) is 36.0 Å². The highest BCUT2D eigenvalue weighted by atomic mass is 19.1. The van der Waals surface area contributed by atoms with E-state index in [1.165, 1.54) is 31.4 Å². The summed E-state index contributed by atoms with van der Waals surface area (Å²) in [5, 5.41) is 3.34. The van der Waals surface area contributed by atoms with Crippen LogP contribution in [0.25, 0.3) is 11.3 Å². The van der Waals surface area contributed by atoms with Crippen molar-refractivity contribution in [2.45, 2.75) is 32.1 Å². The molecule has 3 heterocycles. The molecular formula is C36H37F2N5O2. The van der Waals surface area contributed by atoms with Gasteiger partial charge >= 0.3 is 0 Å². The third-order valence-corrected chi connectivity index (χ3v) is 8.36. The number of ether oxygens (including phenoxy) is 1. The fraction of sp³-hybridized carbons (Fsp3) is 0.306. The summed E-state index contributed by atoms with van der Waals surface area (Å²) < 4.78 is 35.4. The van der Waals surface area contributed by atoms with Crippen molar-refractivity contribution in [1.82, 2.24) is 9.97 Å². The van der Waals surface area contributed by atoms with Crippen LogP contribution in [-0.4, -0.2) is 55.1 Å². The Morgan fingerprint density at radius 1 is 0.911 bits per heavy atom. The van der Waals surface area contributed by atoms with Crippen molar-refractivity contribution in [1.29, 1.82) is 0 Å². The number of rotatable bonds is 10. The third kappa shape index (κ3) is 7.37. The van der Waals surface area contributed by atoms with E-state index >= 15 is 4.39 Å². The number of benzene rings is 3. The summed E-state index contributed by atoms with van der Waals surface area (Å²) in [4.78, 5) is 26.0. The number of nitrogens with zero attached hydrogens (tertiary/aromatic N) is 4.